The molecule has 1 aromatic carbocycles. The van der Waals surface area contributed by atoms with Crippen LogP contribution in [0.25, 0.3) is 0 Å². The van der Waals surface area contributed by atoms with Crippen LogP contribution >= 0.6 is 11.8 Å². The van der Waals surface area contributed by atoms with E-state index in [-0.39, 0.29) is 12.2 Å². The summed E-state index contributed by atoms with van der Waals surface area (Å²) in [5, 5.41) is 8.96. The zero-order chi connectivity index (χ0) is 12.3. The molecule has 3 heteroatoms. The van der Waals surface area contributed by atoms with Gasteiger partial charge in [-0.2, -0.15) is 0 Å². The molecular formula is C14H20O2S. The lowest BCUT2D eigenvalue weighted by molar-refractivity contribution is -0.00466. The Morgan fingerprint density at radius 1 is 1.35 bits per heavy atom. The Kier molecular flexibility index (Phi) is 4.13. The molecule has 0 amide bonds. The van der Waals surface area contributed by atoms with Gasteiger partial charge in [-0.25, -0.2) is 0 Å². The van der Waals surface area contributed by atoms with Crippen LogP contribution in [0.5, 0.6) is 0 Å². The lowest BCUT2D eigenvalue weighted by Crippen LogP contribution is -2.20. The summed E-state index contributed by atoms with van der Waals surface area (Å²) in [7, 11) is 0. The van der Waals surface area contributed by atoms with Crippen molar-refractivity contribution in [2.45, 2.75) is 49.9 Å². The maximum Gasteiger partial charge on any atom is 0.0681 e. The second-order valence-corrected chi connectivity index (χ2v) is 6.24. The van der Waals surface area contributed by atoms with Gasteiger partial charge < -0.3 is 9.84 Å². The summed E-state index contributed by atoms with van der Waals surface area (Å²) >= 11 is 1.83. The Morgan fingerprint density at radius 2 is 2.06 bits per heavy atom. The summed E-state index contributed by atoms with van der Waals surface area (Å²) in [4.78, 5) is 1.25. The van der Waals surface area contributed by atoms with E-state index in [1.54, 1.807) is 0 Å². The van der Waals surface area contributed by atoms with Crippen LogP contribution in [-0.2, 0) is 11.3 Å². The van der Waals surface area contributed by atoms with Gasteiger partial charge in [0.05, 0.1) is 18.3 Å². The van der Waals surface area contributed by atoms with E-state index in [4.69, 9.17) is 9.84 Å². The second-order valence-electron chi connectivity index (χ2n) is 5.15. The molecule has 2 nitrogen and oxygen atoms in total. The van der Waals surface area contributed by atoms with Crippen LogP contribution in [0.3, 0.4) is 0 Å². The van der Waals surface area contributed by atoms with E-state index in [0.717, 1.165) is 24.2 Å². The van der Waals surface area contributed by atoms with E-state index in [2.05, 4.69) is 26.0 Å². The first-order valence-corrected chi connectivity index (χ1v) is 7.08. The molecule has 1 N–H and O–H groups in total. The third kappa shape index (κ3) is 3.73. The monoisotopic (exact) mass is 252 g/mol. The van der Waals surface area contributed by atoms with Crippen molar-refractivity contribution in [3.63, 3.8) is 0 Å². The molecule has 0 aliphatic carbocycles. The van der Waals surface area contributed by atoms with Crippen LogP contribution in [-0.4, -0.2) is 22.6 Å². The number of rotatable bonds is 4. The summed E-state index contributed by atoms with van der Waals surface area (Å²) in [6, 6.07) is 8.08. The normalized spacial score (nSPS) is 22.9. The van der Waals surface area contributed by atoms with Gasteiger partial charge in [-0.05, 0) is 44.4 Å². The lowest BCUT2D eigenvalue weighted by atomic mass is 10.1. The highest BCUT2D eigenvalue weighted by Gasteiger charge is 2.31. The minimum Gasteiger partial charge on any atom is -0.392 e. The lowest BCUT2D eigenvalue weighted by Gasteiger charge is -2.19. The van der Waals surface area contributed by atoms with Gasteiger partial charge in [0.1, 0.15) is 0 Å². The molecular weight excluding hydrogens is 232 g/mol. The van der Waals surface area contributed by atoms with Crippen LogP contribution in [0.4, 0.5) is 0 Å². The molecule has 1 aliphatic rings. The van der Waals surface area contributed by atoms with Gasteiger partial charge >= 0.3 is 0 Å². The van der Waals surface area contributed by atoms with Crippen molar-refractivity contribution in [2.75, 3.05) is 5.75 Å². The number of hydrogen-bond acceptors (Lipinski definition) is 3. The molecule has 1 heterocycles. The molecule has 1 saturated heterocycles. The summed E-state index contributed by atoms with van der Waals surface area (Å²) < 4.78 is 5.95. The maximum atomic E-state index is 8.96. The Balaban J connectivity index is 1.82. The maximum absolute atomic E-state index is 8.96. The molecule has 2 rings (SSSR count). The molecule has 1 aromatic rings. The van der Waals surface area contributed by atoms with Gasteiger partial charge in [0.25, 0.3) is 0 Å². The van der Waals surface area contributed by atoms with Gasteiger partial charge in [0, 0.05) is 10.6 Å². The number of aliphatic hydroxyl groups is 1. The van der Waals surface area contributed by atoms with Crippen LogP contribution < -0.4 is 0 Å². The van der Waals surface area contributed by atoms with E-state index >= 15 is 0 Å². The minimum atomic E-state index is 0.0615. The average Bonchev–Trinajstić information content (AvgIpc) is 2.67. The fourth-order valence-corrected chi connectivity index (χ4v) is 3.02. The molecule has 0 saturated carbocycles. The fourth-order valence-electron chi connectivity index (χ4n) is 2.08. The van der Waals surface area contributed by atoms with Gasteiger partial charge in [0.2, 0.25) is 0 Å². The smallest absolute Gasteiger partial charge is 0.0681 e. The molecule has 0 aromatic heterocycles. The standard InChI is InChI=1S/C14H20O2S/c1-14(2)8-7-12(16-14)10-17-13-5-3-11(9-15)4-6-13/h3-6,12,15H,7-10H2,1-2H3. The van der Waals surface area contributed by atoms with E-state index in [1.807, 2.05) is 23.9 Å². The highest BCUT2D eigenvalue weighted by atomic mass is 32.2. The molecule has 0 radical (unpaired) electrons. The zero-order valence-electron chi connectivity index (χ0n) is 10.5. The Hall–Kier alpha value is -0.510. The van der Waals surface area contributed by atoms with Crippen molar-refractivity contribution in [1.82, 2.24) is 0 Å². The largest absolute Gasteiger partial charge is 0.392 e. The van der Waals surface area contributed by atoms with Crippen LogP contribution in [0.1, 0.15) is 32.3 Å². The fraction of sp³-hybridized carbons (Fsp3) is 0.571. The van der Waals surface area contributed by atoms with Crippen molar-refractivity contribution in [1.29, 1.82) is 0 Å². The second kappa shape index (κ2) is 5.42. The first kappa shape index (κ1) is 12.9. The van der Waals surface area contributed by atoms with Gasteiger partial charge in [-0.1, -0.05) is 12.1 Å². The third-order valence-electron chi connectivity index (χ3n) is 3.10. The van der Waals surface area contributed by atoms with Crippen LogP contribution in [0.2, 0.25) is 0 Å². The van der Waals surface area contributed by atoms with Crippen LogP contribution in [0.15, 0.2) is 29.2 Å². The molecule has 17 heavy (non-hydrogen) atoms. The number of benzene rings is 1. The van der Waals surface area contributed by atoms with Crippen LogP contribution in [0, 0.1) is 0 Å². The first-order valence-electron chi connectivity index (χ1n) is 6.09. The van der Waals surface area contributed by atoms with Gasteiger partial charge in [0.15, 0.2) is 0 Å². The molecule has 94 valence electrons. The highest BCUT2D eigenvalue weighted by molar-refractivity contribution is 7.99. The Morgan fingerprint density at radius 3 is 2.59 bits per heavy atom. The molecule has 0 spiro atoms. The van der Waals surface area contributed by atoms with E-state index < -0.39 is 0 Å². The Bertz CT molecular complexity index is 359. The van der Waals surface area contributed by atoms with Crippen molar-refractivity contribution >= 4 is 11.8 Å². The number of thioether (sulfide) groups is 1. The van der Waals surface area contributed by atoms with E-state index in [1.165, 1.54) is 4.90 Å². The number of hydrogen-bond donors (Lipinski definition) is 1. The van der Waals surface area contributed by atoms with Gasteiger partial charge in [-0.3, -0.25) is 0 Å². The van der Waals surface area contributed by atoms with Crippen molar-refractivity contribution in [3.8, 4) is 0 Å². The molecule has 1 fully saturated rings. The van der Waals surface area contributed by atoms with Crippen molar-refractivity contribution in [2.24, 2.45) is 0 Å². The highest BCUT2D eigenvalue weighted by Crippen LogP contribution is 2.32. The van der Waals surface area contributed by atoms with Crippen molar-refractivity contribution < 1.29 is 9.84 Å². The Labute approximate surface area is 107 Å². The summed E-state index contributed by atoms with van der Waals surface area (Å²) in [5.41, 5.74) is 1.03. The minimum absolute atomic E-state index is 0.0615. The topological polar surface area (TPSA) is 29.5 Å². The molecule has 1 unspecified atom stereocenters. The molecule has 1 atom stereocenters. The third-order valence-corrected chi connectivity index (χ3v) is 4.24. The molecule has 1 aliphatic heterocycles. The SMILES string of the molecule is CC1(C)CCC(CSc2ccc(CO)cc2)O1. The quantitative estimate of drug-likeness (QED) is 0.834. The summed E-state index contributed by atoms with van der Waals surface area (Å²) in [6.45, 7) is 4.44. The summed E-state index contributed by atoms with van der Waals surface area (Å²) in [5.74, 6) is 1.02. The average molecular weight is 252 g/mol. The number of ether oxygens (including phenoxy) is 1. The predicted octanol–water partition coefficient (Wildman–Crippen LogP) is 3.23. The van der Waals surface area contributed by atoms with E-state index in [0.29, 0.717) is 6.10 Å². The number of aliphatic hydroxyl groups excluding tert-OH is 1. The predicted molar refractivity (Wildman–Crippen MR) is 71.3 cm³/mol. The zero-order valence-corrected chi connectivity index (χ0v) is 11.3. The van der Waals surface area contributed by atoms with Crippen molar-refractivity contribution in [3.05, 3.63) is 29.8 Å². The van der Waals surface area contributed by atoms with Gasteiger partial charge in [-0.15, -0.1) is 11.8 Å². The van der Waals surface area contributed by atoms with E-state index in [9.17, 15) is 0 Å². The first-order chi connectivity index (χ1) is 8.09. The summed E-state index contributed by atoms with van der Waals surface area (Å²) in [6.07, 6.45) is 2.70. The molecule has 0 bridgehead atoms.